The molecule has 0 radical (unpaired) electrons. The molecule has 2 N–H and O–H groups in total. The number of carbonyl (C=O) groups excluding carboxylic acids is 1. The molecule has 29 heavy (non-hydrogen) atoms. The van der Waals surface area contributed by atoms with Crippen LogP contribution in [0.1, 0.15) is 16.1 Å². The topological polar surface area (TPSA) is 72.5 Å². The van der Waals surface area contributed by atoms with Crippen molar-refractivity contribution >= 4 is 17.3 Å². The minimum atomic E-state index is -0.366. The fraction of sp³-hybridized carbons (Fsp3) is 0.182. The number of amides is 1. The van der Waals surface area contributed by atoms with Crippen molar-refractivity contribution in [2.75, 3.05) is 31.4 Å². The van der Waals surface area contributed by atoms with Crippen LogP contribution in [0.4, 0.5) is 15.8 Å². The number of nitrogens with one attached hydrogen (secondary N) is 2. The predicted molar refractivity (Wildman–Crippen MR) is 110 cm³/mol. The highest BCUT2D eigenvalue weighted by molar-refractivity contribution is 6.03. The Morgan fingerprint density at radius 2 is 1.90 bits per heavy atom. The van der Waals surface area contributed by atoms with E-state index in [1.165, 1.54) is 13.2 Å². The van der Waals surface area contributed by atoms with Gasteiger partial charge in [0.2, 0.25) is 0 Å². The highest BCUT2D eigenvalue weighted by Gasteiger charge is 2.12. The van der Waals surface area contributed by atoms with E-state index in [1.807, 2.05) is 6.07 Å². The van der Waals surface area contributed by atoms with Gasteiger partial charge in [0.15, 0.2) is 0 Å². The lowest BCUT2D eigenvalue weighted by molar-refractivity contribution is 0.102. The summed E-state index contributed by atoms with van der Waals surface area (Å²) in [5.74, 6) is 0.538. The van der Waals surface area contributed by atoms with Gasteiger partial charge in [0.05, 0.1) is 31.8 Å². The summed E-state index contributed by atoms with van der Waals surface area (Å²) >= 11 is 0. The summed E-state index contributed by atoms with van der Waals surface area (Å²) in [6, 6.07) is 15.2. The molecule has 1 amide bonds. The Labute approximate surface area is 168 Å². The second-order valence-corrected chi connectivity index (χ2v) is 6.22. The normalized spacial score (nSPS) is 10.3. The maximum absolute atomic E-state index is 13.6. The van der Waals surface area contributed by atoms with E-state index in [0.29, 0.717) is 35.7 Å². The first kappa shape index (κ1) is 20.1. The van der Waals surface area contributed by atoms with E-state index in [0.717, 1.165) is 5.69 Å². The highest BCUT2D eigenvalue weighted by atomic mass is 19.1. The molecule has 0 bridgehead atoms. The van der Waals surface area contributed by atoms with Crippen molar-refractivity contribution in [2.45, 2.75) is 6.42 Å². The first-order valence-corrected chi connectivity index (χ1v) is 9.07. The van der Waals surface area contributed by atoms with Gasteiger partial charge in [0.25, 0.3) is 5.91 Å². The van der Waals surface area contributed by atoms with Crippen LogP contribution in [0.2, 0.25) is 0 Å². The molecule has 6 nitrogen and oxygen atoms in total. The third-order valence-electron chi connectivity index (χ3n) is 4.33. The summed E-state index contributed by atoms with van der Waals surface area (Å²) in [5, 5.41) is 5.95. The molecule has 0 atom stereocenters. The molecule has 0 unspecified atom stereocenters. The van der Waals surface area contributed by atoms with Gasteiger partial charge in [-0.1, -0.05) is 18.2 Å². The van der Waals surface area contributed by atoms with E-state index >= 15 is 0 Å². The number of nitrogens with zero attached hydrogens (tertiary/aromatic N) is 1. The fourth-order valence-electron chi connectivity index (χ4n) is 2.77. The fourth-order valence-corrected chi connectivity index (χ4v) is 2.77. The smallest absolute Gasteiger partial charge is 0.274 e. The number of rotatable bonds is 8. The quantitative estimate of drug-likeness (QED) is 0.600. The average Bonchev–Trinajstić information content (AvgIpc) is 2.75. The zero-order valence-corrected chi connectivity index (χ0v) is 16.2. The number of aromatic nitrogens is 1. The van der Waals surface area contributed by atoms with E-state index in [9.17, 15) is 9.18 Å². The number of hydrogen-bond acceptors (Lipinski definition) is 5. The molecule has 0 aliphatic carbocycles. The van der Waals surface area contributed by atoms with Gasteiger partial charge < -0.3 is 20.1 Å². The van der Waals surface area contributed by atoms with E-state index in [4.69, 9.17) is 9.47 Å². The third kappa shape index (κ3) is 5.22. The van der Waals surface area contributed by atoms with Crippen molar-refractivity contribution < 1.29 is 18.7 Å². The Morgan fingerprint density at radius 3 is 2.59 bits per heavy atom. The first-order valence-electron chi connectivity index (χ1n) is 9.07. The van der Waals surface area contributed by atoms with Gasteiger partial charge in [0, 0.05) is 12.6 Å². The maximum Gasteiger partial charge on any atom is 0.274 e. The number of anilines is 2. The van der Waals surface area contributed by atoms with Crippen molar-refractivity contribution in [1.82, 2.24) is 4.98 Å². The molecule has 0 saturated heterocycles. The van der Waals surface area contributed by atoms with Gasteiger partial charge in [-0.15, -0.1) is 0 Å². The monoisotopic (exact) mass is 395 g/mol. The van der Waals surface area contributed by atoms with Gasteiger partial charge in [-0.05, 0) is 42.3 Å². The van der Waals surface area contributed by atoms with Gasteiger partial charge in [-0.25, -0.2) is 9.37 Å². The summed E-state index contributed by atoms with van der Waals surface area (Å²) < 4.78 is 24.1. The first-order chi connectivity index (χ1) is 14.1. The second kappa shape index (κ2) is 9.54. The van der Waals surface area contributed by atoms with Crippen LogP contribution in [0.15, 0.2) is 60.8 Å². The van der Waals surface area contributed by atoms with Crippen LogP contribution in [-0.4, -0.2) is 31.7 Å². The van der Waals surface area contributed by atoms with E-state index in [2.05, 4.69) is 15.6 Å². The molecular formula is C22H22FN3O3. The Bertz CT molecular complexity index is 977. The summed E-state index contributed by atoms with van der Waals surface area (Å²) in [7, 11) is 3.07. The molecule has 3 rings (SSSR count). The standard InChI is InChI=1S/C22H22FN3O3/c1-28-17-8-10-21(29-2)20(13-17)26-22(27)19-9-7-16(14-25-19)24-12-11-15-5-3-4-6-18(15)23/h3-10,13-14,24H,11-12H2,1-2H3,(H,26,27). The Balaban J connectivity index is 1.60. The van der Waals surface area contributed by atoms with Crippen molar-refractivity contribution in [1.29, 1.82) is 0 Å². The number of pyridine rings is 1. The number of carbonyl (C=O) groups is 1. The van der Waals surface area contributed by atoms with Crippen LogP contribution in [0.25, 0.3) is 0 Å². The maximum atomic E-state index is 13.6. The Morgan fingerprint density at radius 1 is 1.07 bits per heavy atom. The van der Waals surface area contributed by atoms with Crippen molar-refractivity contribution in [3.05, 3.63) is 77.9 Å². The van der Waals surface area contributed by atoms with Gasteiger partial charge in [0.1, 0.15) is 23.0 Å². The molecule has 1 heterocycles. The number of hydrogen-bond donors (Lipinski definition) is 2. The summed E-state index contributed by atoms with van der Waals surface area (Å²) in [6.07, 6.45) is 2.11. The Hall–Kier alpha value is -3.61. The molecule has 0 fully saturated rings. The average molecular weight is 395 g/mol. The van der Waals surface area contributed by atoms with Crippen LogP contribution >= 0.6 is 0 Å². The summed E-state index contributed by atoms with van der Waals surface area (Å²) in [6.45, 7) is 0.551. The van der Waals surface area contributed by atoms with Crippen LogP contribution in [0, 0.1) is 5.82 Å². The van der Waals surface area contributed by atoms with Crippen LogP contribution in [0.3, 0.4) is 0 Å². The molecule has 2 aromatic carbocycles. The molecule has 1 aromatic heterocycles. The van der Waals surface area contributed by atoms with Crippen LogP contribution in [-0.2, 0) is 6.42 Å². The lowest BCUT2D eigenvalue weighted by Crippen LogP contribution is -2.14. The van der Waals surface area contributed by atoms with Crippen molar-refractivity contribution in [2.24, 2.45) is 0 Å². The zero-order valence-electron chi connectivity index (χ0n) is 16.2. The molecule has 3 aromatic rings. The van der Waals surface area contributed by atoms with Gasteiger partial charge >= 0.3 is 0 Å². The third-order valence-corrected chi connectivity index (χ3v) is 4.33. The van der Waals surface area contributed by atoms with Crippen molar-refractivity contribution in [3.8, 4) is 11.5 Å². The molecule has 0 saturated carbocycles. The minimum absolute atomic E-state index is 0.215. The molecule has 150 valence electrons. The number of ether oxygens (including phenoxy) is 2. The lowest BCUT2D eigenvalue weighted by Gasteiger charge is -2.12. The van der Waals surface area contributed by atoms with Crippen molar-refractivity contribution in [3.63, 3.8) is 0 Å². The number of methoxy groups -OCH3 is 2. The Kier molecular flexibility index (Phi) is 6.63. The van der Waals surface area contributed by atoms with Gasteiger partial charge in [-0.3, -0.25) is 4.79 Å². The van der Waals surface area contributed by atoms with E-state index < -0.39 is 0 Å². The molecule has 0 spiro atoms. The lowest BCUT2D eigenvalue weighted by atomic mass is 10.1. The van der Waals surface area contributed by atoms with Crippen LogP contribution in [0.5, 0.6) is 11.5 Å². The van der Waals surface area contributed by atoms with E-state index in [1.54, 1.807) is 55.8 Å². The highest BCUT2D eigenvalue weighted by Crippen LogP contribution is 2.29. The largest absolute Gasteiger partial charge is 0.497 e. The van der Waals surface area contributed by atoms with Gasteiger partial charge in [-0.2, -0.15) is 0 Å². The zero-order chi connectivity index (χ0) is 20.6. The predicted octanol–water partition coefficient (Wildman–Crippen LogP) is 4.14. The number of benzene rings is 2. The van der Waals surface area contributed by atoms with Crippen LogP contribution < -0.4 is 20.1 Å². The minimum Gasteiger partial charge on any atom is -0.497 e. The molecule has 0 aliphatic rings. The molecule has 7 heteroatoms. The SMILES string of the molecule is COc1ccc(OC)c(NC(=O)c2ccc(NCCc3ccccc3F)cn2)c1. The van der Waals surface area contributed by atoms with E-state index in [-0.39, 0.29) is 17.4 Å². The summed E-state index contributed by atoms with van der Waals surface area (Å²) in [4.78, 5) is 16.7. The molecule has 0 aliphatic heterocycles. The second-order valence-electron chi connectivity index (χ2n) is 6.22. The number of halogens is 1. The molecular weight excluding hydrogens is 373 g/mol. The summed E-state index contributed by atoms with van der Waals surface area (Å²) in [5.41, 5.74) is 2.15.